The minimum absolute atomic E-state index is 0.361. The molecule has 0 N–H and O–H groups in total. The van der Waals surface area contributed by atoms with Crippen molar-refractivity contribution in [1.82, 2.24) is 0 Å². The Labute approximate surface area is 120 Å². The van der Waals surface area contributed by atoms with Gasteiger partial charge in [0.05, 0.1) is 7.11 Å². The van der Waals surface area contributed by atoms with E-state index in [2.05, 4.69) is 0 Å². The maximum absolute atomic E-state index is 11.8. The lowest BCUT2D eigenvalue weighted by atomic mass is 10.1. The van der Waals surface area contributed by atoms with Gasteiger partial charge in [0, 0.05) is 17.7 Å². The summed E-state index contributed by atoms with van der Waals surface area (Å²) in [7, 11) is 1.32. The highest BCUT2D eigenvalue weighted by atomic mass is 16.5. The van der Waals surface area contributed by atoms with Crippen molar-refractivity contribution >= 4 is 33.9 Å². The lowest BCUT2D eigenvalue weighted by Crippen LogP contribution is -2.01. The molecule has 0 atom stereocenters. The molecule has 0 aliphatic heterocycles. The number of rotatable bonds is 2. The van der Waals surface area contributed by atoms with Gasteiger partial charge in [0.25, 0.3) is 0 Å². The van der Waals surface area contributed by atoms with Gasteiger partial charge in [-0.3, -0.25) is 4.79 Å². The average molecular weight is 284 g/mol. The molecule has 0 saturated heterocycles. The van der Waals surface area contributed by atoms with Gasteiger partial charge in [0.1, 0.15) is 22.5 Å². The molecule has 0 amide bonds. The number of esters is 2. The fraction of sp³-hybridized carbons (Fsp3) is 0.125. The number of carbonyl (C=O) groups is 2. The Kier molecular flexibility index (Phi) is 3.10. The van der Waals surface area contributed by atoms with Gasteiger partial charge in [-0.2, -0.15) is 0 Å². The number of furan rings is 1. The fourth-order valence-corrected chi connectivity index (χ4v) is 2.28. The maximum Gasteiger partial charge on any atom is 0.341 e. The zero-order valence-corrected chi connectivity index (χ0v) is 11.5. The lowest BCUT2D eigenvalue weighted by Gasteiger charge is -2.00. The Morgan fingerprint density at radius 3 is 2.62 bits per heavy atom. The number of fused-ring (bicyclic) bond motifs is 3. The van der Waals surface area contributed by atoms with Gasteiger partial charge in [0.15, 0.2) is 0 Å². The Morgan fingerprint density at radius 2 is 1.90 bits per heavy atom. The summed E-state index contributed by atoms with van der Waals surface area (Å²) in [6.07, 6.45) is 0. The van der Waals surface area contributed by atoms with E-state index in [4.69, 9.17) is 13.9 Å². The van der Waals surface area contributed by atoms with Gasteiger partial charge < -0.3 is 13.9 Å². The summed E-state index contributed by atoms with van der Waals surface area (Å²) in [4.78, 5) is 22.8. The molecule has 5 nitrogen and oxygen atoms in total. The van der Waals surface area contributed by atoms with Crippen molar-refractivity contribution in [2.75, 3.05) is 7.11 Å². The third-order valence-corrected chi connectivity index (χ3v) is 3.14. The zero-order chi connectivity index (χ0) is 15.0. The molecule has 106 valence electrons. The van der Waals surface area contributed by atoms with Crippen molar-refractivity contribution < 1.29 is 23.5 Å². The van der Waals surface area contributed by atoms with Gasteiger partial charge in [0.2, 0.25) is 0 Å². The lowest BCUT2D eigenvalue weighted by molar-refractivity contribution is -0.131. The van der Waals surface area contributed by atoms with Crippen molar-refractivity contribution in [2.45, 2.75) is 6.92 Å². The Bertz CT molecular complexity index is 860. The second-order valence-corrected chi connectivity index (χ2v) is 4.53. The SMILES string of the molecule is COC(=O)c1cccc2c1oc1ccc(OC(C)=O)cc12. The molecule has 0 unspecified atom stereocenters. The van der Waals surface area contributed by atoms with Gasteiger partial charge in [-0.1, -0.05) is 12.1 Å². The van der Waals surface area contributed by atoms with Crippen LogP contribution in [0.25, 0.3) is 21.9 Å². The summed E-state index contributed by atoms with van der Waals surface area (Å²) in [5.41, 5.74) is 1.43. The summed E-state index contributed by atoms with van der Waals surface area (Å²) in [5, 5.41) is 1.54. The van der Waals surface area contributed by atoms with E-state index in [1.165, 1.54) is 14.0 Å². The molecule has 0 aliphatic carbocycles. The highest BCUT2D eigenvalue weighted by Crippen LogP contribution is 2.33. The number of benzene rings is 2. The minimum Gasteiger partial charge on any atom is -0.465 e. The minimum atomic E-state index is -0.458. The predicted molar refractivity (Wildman–Crippen MR) is 76.4 cm³/mol. The molecule has 1 heterocycles. The molecule has 21 heavy (non-hydrogen) atoms. The zero-order valence-electron chi connectivity index (χ0n) is 11.5. The van der Waals surface area contributed by atoms with E-state index in [9.17, 15) is 9.59 Å². The summed E-state index contributed by atoms with van der Waals surface area (Å²) in [6.45, 7) is 1.34. The van der Waals surface area contributed by atoms with Crippen LogP contribution in [0.3, 0.4) is 0 Å². The van der Waals surface area contributed by atoms with E-state index >= 15 is 0 Å². The molecular weight excluding hydrogens is 272 g/mol. The molecule has 0 spiro atoms. The summed E-state index contributed by atoms with van der Waals surface area (Å²) in [5.74, 6) is -0.418. The van der Waals surface area contributed by atoms with Crippen LogP contribution < -0.4 is 4.74 Å². The first-order valence-corrected chi connectivity index (χ1v) is 6.32. The molecule has 0 radical (unpaired) electrons. The molecule has 0 fully saturated rings. The van der Waals surface area contributed by atoms with Crippen LogP contribution in [-0.2, 0) is 9.53 Å². The Hall–Kier alpha value is -2.82. The monoisotopic (exact) mass is 284 g/mol. The number of hydrogen-bond donors (Lipinski definition) is 0. The third kappa shape index (κ3) is 2.23. The van der Waals surface area contributed by atoms with Crippen molar-refractivity contribution in [1.29, 1.82) is 0 Å². The first-order chi connectivity index (χ1) is 10.1. The molecular formula is C16H12O5. The molecule has 3 rings (SSSR count). The van der Waals surface area contributed by atoms with Gasteiger partial charge in [-0.25, -0.2) is 4.79 Å². The van der Waals surface area contributed by atoms with Crippen LogP contribution in [0.1, 0.15) is 17.3 Å². The van der Waals surface area contributed by atoms with E-state index in [1.54, 1.807) is 30.3 Å². The quantitative estimate of drug-likeness (QED) is 0.533. The number of methoxy groups -OCH3 is 1. The van der Waals surface area contributed by atoms with Crippen LogP contribution in [-0.4, -0.2) is 19.0 Å². The molecule has 3 aromatic rings. The van der Waals surface area contributed by atoms with Crippen LogP contribution in [0.4, 0.5) is 0 Å². The van der Waals surface area contributed by atoms with E-state index in [1.807, 2.05) is 6.07 Å². The van der Waals surface area contributed by atoms with E-state index in [0.717, 1.165) is 10.8 Å². The van der Waals surface area contributed by atoms with Gasteiger partial charge in [-0.15, -0.1) is 0 Å². The summed E-state index contributed by atoms with van der Waals surface area (Å²) in [6, 6.07) is 10.3. The molecule has 1 aromatic heterocycles. The summed E-state index contributed by atoms with van der Waals surface area (Å²) < 4.78 is 15.5. The normalized spacial score (nSPS) is 10.8. The Morgan fingerprint density at radius 1 is 1.10 bits per heavy atom. The molecule has 5 heteroatoms. The number of carbonyl (C=O) groups excluding carboxylic acids is 2. The number of para-hydroxylation sites is 1. The highest BCUT2D eigenvalue weighted by Gasteiger charge is 2.16. The second-order valence-electron chi connectivity index (χ2n) is 4.53. The van der Waals surface area contributed by atoms with Crippen molar-refractivity contribution in [3.05, 3.63) is 42.0 Å². The van der Waals surface area contributed by atoms with Gasteiger partial charge in [-0.05, 0) is 24.3 Å². The van der Waals surface area contributed by atoms with Crippen LogP contribution >= 0.6 is 0 Å². The van der Waals surface area contributed by atoms with Crippen LogP contribution in [0.2, 0.25) is 0 Å². The Balaban J connectivity index is 2.25. The number of hydrogen-bond acceptors (Lipinski definition) is 5. The molecule has 0 aliphatic rings. The molecule has 0 saturated carbocycles. The fourth-order valence-electron chi connectivity index (χ4n) is 2.28. The van der Waals surface area contributed by atoms with Crippen LogP contribution in [0.15, 0.2) is 40.8 Å². The first-order valence-electron chi connectivity index (χ1n) is 6.32. The summed E-state index contributed by atoms with van der Waals surface area (Å²) >= 11 is 0. The topological polar surface area (TPSA) is 65.7 Å². The molecule has 0 bridgehead atoms. The third-order valence-electron chi connectivity index (χ3n) is 3.14. The van der Waals surface area contributed by atoms with Crippen molar-refractivity contribution in [2.24, 2.45) is 0 Å². The van der Waals surface area contributed by atoms with Crippen LogP contribution in [0.5, 0.6) is 5.75 Å². The average Bonchev–Trinajstić information content (AvgIpc) is 2.84. The van der Waals surface area contributed by atoms with E-state index < -0.39 is 11.9 Å². The van der Waals surface area contributed by atoms with Crippen LogP contribution in [0, 0.1) is 0 Å². The van der Waals surface area contributed by atoms with Crippen molar-refractivity contribution in [3.8, 4) is 5.75 Å². The second kappa shape index (κ2) is 4.94. The number of ether oxygens (including phenoxy) is 2. The largest absolute Gasteiger partial charge is 0.465 e. The van der Waals surface area contributed by atoms with E-state index in [0.29, 0.717) is 22.5 Å². The van der Waals surface area contributed by atoms with Gasteiger partial charge >= 0.3 is 11.9 Å². The molecule has 2 aromatic carbocycles. The van der Waals surface area contributed by atoms with E-state index in [-0.39, 0.29) is 0 Å². The van der Waals surface area contributed by atoms with Crippen molar-refractivity contribution in [3.63, 3.8) is 0 Å². The standard InChI is InChI=1S/C16H12O5/c1-9(17)20-10-6-7-14-13(8-10)11-4-3-5-12(15(11)21-14)16(18)19-2/h3-8H,1-2H3. The smallest absolute Gasteiger partial charge is 0.341 e. The predicted octanol–water partition coefficient (Wildman–Crippen LogP) is 3.30. The maximum atomic E-state index is 11.8. The first kappa shape index (κ1) is 13.2. The highest BCUT2D eigenvalue weighted by molar-refractivity contribution is 6.12.